The molecule has 1 heterocycles. The third-order valence-corrected chi connectivity index (χ3v) is 1.90. The number of hydrogen-bond acceptors (Lipinski definition) is 1. The average molecular weight is 223 g/mol. The minimum absolute atomic E-state index is 0.711. The van der Waals surface area contributed by atoms with Gasteiger partial charge in [0.15, 0.2) is 4.67 Å². The van der Waals surface area contributed by atoms with Crippen LogP contribution in [0.3, 0.4) is 0 Å². The first-order valence-corrected chi connectivity index (χ1v) is 4.44. The van der Waals surface area contributed by atoms with Crippen molar-refractivity contribution in [2.75, 3.05) is 5.88 Å². The van der Waals surface area contributed by atoms with Crippen LogP contribution in [-0.2, 0) is 6.42 Å². The van der Waals surface area contributed by atoms with Crippen LogP contribution in [0.4, 0.5) is 0 Å². The molecule has 0 unspecified atom stereocenters. The van der Waals surface area contributed by atoms with Crippen molar-refractivity contribution < 1.29 is 4.42 Å². The van der Waals surface area contributed by atoms with Gasteiger partial charge in [0, 0.05) is 5.88 Å². The average Bonchev–Trinajstić information content (AvgIpc) is 2.31. The molecule has 1 rings (SSSR count). The van der Waals surface area contributed by atoms with E-state index in [1.54, 1.807) is 6.26 Å². The minimum atomic E-state index is 0.711. The van der Waals surface area contributed by atoms with Crippen molar-refractivity contribution in [3.05, 3.63) is 22.6 Å². The predicted octanol–water partition coefficient (Wildman–Crippen LogP) is 3.21. The fourth-order valence-electron chi connectivity index (χ4n) is 0.748. The second-order valence-electron chi connectivity index (χ2n) is 2.05. The lowest BCUT2D eigenvalue weighted by Gasteiger charge is -1.88. The van der Waals surface area contributed by atoms with Crippen molar-refractivity contribution in [2.45, 2.75) is 12.8 Å². The fraction of sp³-hybridized carbons (Fsp3) is 0.429. The molecule has 0 saturated heterocycles. The number of alkyl halides is 1. The highest BCUT2D eigenvalue weighted by Gasteiger charge is 1.96. The maximum absolute atomic E-state index is 5.52. The Balaban J connectivity index is 2.42. The van der Waals surface area contributed by atoms with E-state index in [-0.39, 0.29) is 0 Å². The van der Waals surface area contributed by atoms with Crippen LogP contribution in [0.15, 0.2) is 21.4 Å². The van der Waals surface area contributed by atoms with Gasteiger partial charge in [-0.25, -0.2) is 0 Å². The monoisotopic (exact) mass is 222 g/mol. The summed E-state index contributed by atoms with van der Waals surface area (Å²) in [7, 11) is 0. The number of aryl methyl sites for hydroxylation is 1. The predicted molar refractivity (Wildman–Crippen MR) is 45.4 cm³/mol. The van der Waals surface area contributed by atoms with Crippen molar-refractivity contribution in [2.24, 2.45) is 0 Å². The molecule has 0 aliphatic carbocycles. The standard InChI is InChI=1S/C7H8BrClO/c8-7-4-6(5-10-7)2-1-3-9/h4-5H,1-3H2. The van der Waals surface area contributed by atoms with Crippen molar-refractivity contribution in [1.82, 2.24) is 0 Å². The lowest BCUT2D eigenvalue weighted by atomic mass is 10.2. The van der Waals surface area contributed by atoms with Gasteiger partial charge in [-0.05, 0) is 40.4 Å². The molecule has 0 atom stereocenters. The Labute approximate surface area is 73.5 Å². The van der Waals surface area contributed by atoms with Crippen LogP contribution in [0.2, 0.25) is 0 Å². The molecule has 56 valence electrons. The van der Waals surface area contributed by atoms with Crippen molar-refractivity contribution in [3.63, 3.8) is 0 Å². The third-order valence-electron chi connectivity index (χ3n) is 1.22. The summed E-state index contributed by atoms with van der Waals surface area (Å²) >= 11 is 8.74. The summed E-state index contributed by atoms with van der Waals surface area (Å²) in [5.41, 5.74) is 1.20. The zero-order valence-electron chi connectivity index (χ0n) is 5.44. The van der Waals surface area contributed by atoms with E-state index in [4.69, 9.17) is 16.0 Å². The molecule has 1 aromatic heterocycles. The molecular formula is C7H8BrClO. The van der Waals surface area contributed by atoms with Gasteiger partial charge in [-0.1, -0.05) is 0 Å². The van der Waals surface area contributed by atoms with Crippen LogP contribution in [0, 0.1) is 0 Å². The maximum atomic E-state index is 5.52. The summed E-state index contributed by atoms with van der Waals surface area (Å²) in [4.78, 5) is 0. The topological polar surface area (TPSA) is 13.1 Å². The molecular weight excluding hydrogens is 215 g/mol. The van der Waals surface area contributed by atoms with Gasteiger partial charge in [-0.2, -0.15) is 0 Å². The van der Waals surface area contributed by atoms with Gasteiger partial charge in [-0.15, -0.1) is 11.6 Å². The van der Waals surface area contributed by atoms with E-state index >= 15 is 0 Å². The van der Waals surface area contributed by atoms with Crippen LogP contribution in [0.25, 0.3) is 0 Å². The van der Waals surface area contributed by atoms with Crippen molar-refractivity contribution >= 4 is 27.5 Å². The quantitative estimate of drug-likeness (QED) is 0.717. The smallest absolute Gasteiger partial charge is 0.169 e. The lowest BCUT2D eigenvalue weighted by molar-refractivity contribution is 0.538. The van der Waals surface area contributed by atoms with E-state index in [0.29, 0.717) is 5.88 Å². The molecule has 1 nitrogen and oxygen atoms in total. The Morgan fingerprint density at radius 1 is 1.60 bits per heavy atom. The molecule has 0 fully saturated rings. The molecule has 0 N–H and O–H groups in total. The second-order valence-corrected chi connectivity index (χ2v) is 3.21. The highest BCUT2D eigenvalue weighted by atomic mass is 79.9. The normalized spacial score (nSPS) is 10.2. The molecule has 1 aromatic rings. The van der Waals surface area contributed by atoms with Crippen molar-refractivity contribution in [3.8, 4) is 0 Å². The molecule has 0 aromatic carbocycles. The highest BCUT2D eigenvalue weighted by Crippen LogP contribution is 2.15. The van der Waals surface area contributed by atoms with Crippen LogP contribution in [0.1, 0.15) is 12.0 Å². The number of rotatable bonds is 3. The van der Waals surface area contributed by atoms with E-state index in [2.05, 4.69) is 15.9 Å². The van der Waals surface area contributed by atoms with E-state index in [0.717, 1.165) is 17.5 Å². The van der Waals surface area contributed by atoms with Gasteiger partial charge in [0.1, 0.15) is 0 Å². The van der Waals surface area contributed by atoms with Gasteiger partial charge in [0.05, 0.1) is 6.26 Å². The zero-order chi connectivity index (χ0) is 7.40. The van der Waals surface area contributed by atoms with E-state index in [1.807, 2.05) is 6.07 Å². The van der Waals surface area contributed by atoms with E-state index in [9.17, 15) is 0 Å². The fourth-order valence-corrected chi connectivity index (χ4v) is 1.27. The van der Waals surface area contributed by atoms with E-state index < -0.39 is 0 Å². The zero-order valence-corrected chi connectivity index (χ0v) is 7.78. The van der Waals surface area contributed by atoms with Gasteiger partial charge in [0.2, 0.25) is 0 Å². The SMILES string of the molecule is ClCCCc1coc(Br)c1. The second kappa shape index (κ2) is 4.04. The largest absolute Gasteiger partial charge is 0.457 e. The first-order chi connectivity index (χ1) is 4.83. The molecule has 0 amide bonds. The number of furan rings is 1. The number of halogens is 2. The van der Waals surface area contributed by atoms with Gasteiger partial charge in [0.25, 0.3) is 0 Å². The van der Waals surface area contributed by atoms with Crippen LogP contribution >= 0.6 is 27.5 Å². The molecule has 0 bridgehead atoms. The molecule has 3 heteroatoms. The van der Waals surface area contributed by atoms with Crippen LogP contribution in [-0.4, -0.2) is 5.88 Å². The van der Waals surface area contributed by atoms with E-state index in [1.165, 1.54) is 5.56 Å². The molecule has 0 aliphatic heterocycles. The summed E-state index contributed by atoms with van der Waals surface area (Å²) in [6.07, 6.45) is 3.75. The molecule has 0 radical (unpaired) electrons. The Hall–Kier alpha value is 0.0500. The Bertz CT molecular complexity index is 197. The first-order valence-electron chi connectivity index (χ1n) is 3.12. The van der Waals surface area contributed by atoms with Crippen molar-refractivity contribution in [1.29, 1.82) is 0 Å². The highest BCUT2D eigenvalue weighted by molar-refractivity contribution is 9.10. The first kappa shape index (κ1) is 8.15. The molecule has 0 saturated carbocycles. The Morgan fingerprint density at radius 3 is 2.90 bits per heavy atom. The molecule has 0 spiro atoms. The Kier molecular flexibility index (Phi) is 3.29. The van der Waals surface area contributed by atoms with Crippen LogP contribution < -0.4 is 0 Å². The van der Waals surface area contributed by atoms with Gasteiger partial charge < -0.3 is 4.42 Å². The van der Waals surface area contributed by atoms with Gasteiger partial charge >= 0.3 is 0 Å². The van der Waals surface area contributed by atoms with Gasteiger partial charge in [-0.3, -0.25) is 0 Å². The van der Waals surface area contributed by atoms with Crippen LogP contribution in [0.5, 0.6) is 0 Å². The molecule has 10 heavy (non-hydrogen) atoms. The lowest BCUT2D eigenvalue weighted by Crippen LogP contribution is -1.81. The summed E-state index contributed by atoms with van der Waals surface area (Å²) in [6.45, 7) is 0. The summed E-state index contributed by atoms with van der Waals surface area (Å²) in [6, 6.07) is 1.96. The third kappa shape index (κ3) is 2.35. The maximum Gasteiger partial charge on any atom is 0.169 e. The Morgan fingerprint density at radius 2 is 2.40 bits per heavy atom. The summed E-state index contributed by atoms with van der Waals surface area (Å²) < 4.78 is 5.82. The summed E-state index contributed by atoms with van der Waals surface area (Å²) in [5.74, 6) is 0.711. The molecule has 0 aliphatic rings. The summed E-state index contributed by atoms with van der Waals surface area (Å²) in [5, 5.41) is 0. The minimum Gasteiger partial charge on any atom is -0.457 e. The number of hydrogen-bond donors (Lipinski definition) is 0.